The average molecular weight is 538 g/mol. The normalized spacial score (nSPS) is 16.3. The van der Waals surface area contributed by atoms with E-state index in [-0.39, 0.29) is 23.5 Å². The highest BCUT2D eigenvalue weighted by molar-refractivity contribution is 6.31. The van der Waals surface area contributed by atoms with E-state index in [4.69, 9.17) is 21.3 Å². The molecule has 0 atom stereocenters. The minimum atomic E-state index is -0.323. The number of pyridine rings is 1. The summed E-state index contributed by atoms with van der Waals surface area (Å²) in [4.78, 5) is 37.7. The molecule has 3 aromatic rings. The van der Waals surface area contributed by atoms with Gasteiger partial charge in [-0.05, 0) is 56.5 Å². The van der Waals surface area contributed by atoms with Gasteiger partial charge in [0, 0.05) is 41.8 Å². The van der Waals surface area contributed by atoms with Crippen molar-refractivity contribution in [3.05, 3.63) is 65.3 Å². The largest absolute Gasteiger partial charge is 0.447 e. The Bertz CT molecular complexity index is 1390. The van der Waals surface area contributed by atoms with Gasteiger partial charge in [0.15, 0.2) is 0 Å². The van der Waals surface area contributed by atoms with E-state index in [9.17, 15) is 9.59 Å². The maximum atomic E-state index is 12.5. The molecular formula is C27H32ClN7O3. The Morgan fingerprint density at radius 3 is 2.71 bits per heavy atom. The zero-order chi connectivity index (χ0) is 27.0. The summed E-state index contributed by atoms with van der Waals surface area (Å²) >= 11 is 6.28. The number of amides is 2. The molecule has 200 valence electrons. The third-order valence-corrected chi connectivity index (χ3v) is 7.55. The first-order valence-electron chi connectivity index (χ1n) is 12.8. The van der Waals surface area contributed by atoms with Crippen LogP contribution < -0.4 is 15.9 Å². The summed E-state index contributed by atoms with van der Waals surface area (Å²) < 4.78 is 7.17. The number of ether oxygens (including phenoxy) is 1. The lowest BCUT2D eigenvalue weighted by atomic mass is 9.72. The van der Waals surface area contributed by atoms with Crippen molar-refractivity contribution < 1.29 is 14.3 Å². The Labute approximate surface area is 226 Å². The van der Waals surface area contributed by atoms with Crippen LogP contribution in [-0.4, -0.2) is 50.7 Å². The molecule has 1 fully saturated rings. The highest BCUT2D eigenvalue weighted by Gasteiger charge is 2.49. The molecule has 0 radical (unpaired) electrons. The van der Waals surface area contributed by atoms with Gasteiger partial charge in [0.1, 0.15) is 5.82 Å². The molecule has 1 saturated heterocycles. The average Bonchev–Trinajstić information content (AvgIpc) is 3.35. The van der Waals surface area contributed by atoms with E-state index in [0.29, 0.717) is 36.9 Å². The van der Waals surface area contributed by atoms with Crippen molar-refractivity contribution in [2.75, 3.05) is 23.5 Å². The molecular weight excluding hydrogens is 506 g/mol. The van der Waals surface area contributed by atoms with Gasteiger partial charge in [0.2, 0.25) is 5.91 Å². The van der Waals surface area contributed by atoms with Crippen molar-refractivity contribution in [2.24, 2.45) is 0 Å². The Kier molecular flexibility index (Phi) is 6.92. The number of rotatable bonds is 6. The molecule has 2 N–H and O–H groups in total. The lowest BCUT2D eigenvalue weighted by Gasteiger charge is -2.40. The lowest BCUT2D eigenvalue weighted by Crippen LogP contribution is -2.46. The second-order valence-corrected chi connectivity index (χ2v) is 10.4. The molecule has 2 amide bonds. The second kappa shape index (κ2) is 10.2. The number of benzene rings is 1. The van der Waals surface area contributed by atoms with Crippen molar-refractivity contribution in [1.82, 2.24) is 25.0 Å². The number of imidazole rings is 1. The number of carbonyl (C=O) groups is 2. The van der Waals surface area contributed by atoms with E-state index in [1.165, 1.54) is 0 Å². The standard InChI is InChI=1S/C27H32ClN7O3/c1-5-25(36)31-32-35-22-14-19(28)6-7-21(22)30-24(35)16-34-18(4)27(20-8-11-29-15-23(20)34)9-12-33(13-10-27)26(37)38-17(2)3/h6-8,11,14-15,17,32H,4-5,9-10,12-13,16H2,1-3H3,(H,31,36). The minimum absolute atomic E-state index is 0.151. The fourth-order valence-electron chi connectivity index (χ4n) is 5.33. The molecule has 0 aliphatic carbocycles. The van der Waals surface area contributed by atoms with Crippen LogP contribution in [0.25, 0.3) is 11.0 Å². The fourth-order valence-corrected chi connectivity index (χ4v) is 5.49. The van der Waals surface area contributed by atoms with Crippen molar-refractivity contribution in [1.29, 1.82) is 0 Å². The summed E-state index contributed by atoms with van der Waals surface area (Å²) in [6.07, 6.45) is 5.00. The number of likely N-dealkylation sites (tertiary alicyclic amines) is 1. The van der Waals surface area contributed by atoms with Crippen molar-refractivity contribution in [3.8, 4) is 0 Å². The fraction of sp³-hybridized carbons (Fsp3) is 0.407. The van der Waals surface area contributed by atoms with Gasteiger partial charge in [-0.3, -0.25) is 15.2 Å². The number of allylic oxidation sites excluding steroid dienone is 1. The maximum absolute atomic E-state index is 12.5. The molecule has 0 saturated carbocycles. The summed E-state index contributed by atoms with van der Waals surface area (Å²) in [5.41, 5.74) is 9.92. The van der Waals surface area contributed by atoms with E-state index in [2.05, 4.69) is 27.4 Å². The van der Waals surface area contributed by atoms with E-state index < -0.39 is 0 Å². The predicted octanol–water partition coefficient (Wildman–Crippen LogP) is 4.48. The maximum Gasteiger partial charge on any atom is 0.410 e. The Morgan fingerprint density at radius 1 is 1.24 bits per heavy atom. The van der Waals surface area contributed by atoms with Crippen LogP contribution in [0, 0.1) is 0 Å². The molecule has 2 aromatic heterocycles. The van der Waals surface area contributed by atoms with E-state index in [1.54, 1.807) is 34.8 Å². The SMILES string of the molecule is C=C1N(Cc2nc3ccc(Cl)cc3n2NNC(=O)CC)c2cnccc2C12CCN(C(=O)OC(C)C)CC2. The third-order valence-electron chi connectivity index (χ3n) is 7.31. The number of piperidine rings is 1. The van der Waals surface area contributed by atoms with Crippen molar-refractivity contribution in [2.45, 2.75) is 58.1 Å². The first-order chi connectivity index (χ1) is 18.2. The van der Waals surface area contributed by atoms with Gasteiger partial charge >= 0.3 is 6.09 Å². The topological polar surface area (TPSA) is 105 Å². The van der Waals surface area contributed by atoms with Crippen LogP contribution in [0.1, 0.15) is 51.4 Å². The monoisotopic (exact) mass is 537 g/mol. The first-order valence-corrected chi connectivity index (χ1v) is 13.2. The van der Waals surface area contributed by atoms with Crippen LogP contribution in [0.5, 0.6) is 0 Å². The van der Waals surface area contributed by atoms with Gasteiger partial charge in [0.05, 0.1) is 35.6 Å². The number of anilines is 1. The lowest BCUT2D eigenvalue weighted by molar-refractivity contribution is -0.120. The summed E-state index contributed by atoms with van der Waals surface area (Å²) in [6.45, 7) is 11.6. The second-order valence-electron chi connectivity index (χ2n) is 9.94. The van der Waals surface area contributed by atoms with Crippen molar-refractivity contribution in [3.63, 3.8) is 0 Å². The van der Waals surface area contributed by atoms with Gasteiger partial charge in [-0.15, -0.1) is 0 Å². The molecule has 38 heavy (non-hydrogen) atoms. The molecule has 2 aliphatic rings. The number of hydrogen-bond acceptors (Lipinski definition) is 7. The quantitative estimate of drug-likeness (QED) is 0.447. The smallest absolute Gasteiger partial charge is 0.410 e. The number of nitrogens with one attached hydrogen (secondary N) is 2. The summed E-state index contributed by atoms with van der Waals surface area (Å²) in [5.74, 6) is 0.520. The number of aromatic nitrogens is 3. The zero-order valence-corrected chi connectivity index (χ0v) is 22.6. The van der Waals surface area contributed by atoms with E-state index in [1.807, 2.05) is 32.2 Å². The number of carbonyl (C=O) groups excluding carboxylic acids is 2. The number of fused-ring (bicyclic) bond motifs is 3. The van der Waals surface area contributed by atoms with Crippen LogP contribution in [0.15, 0.2) is 48.9 Å². The van der Waals surface area contributed by atoms with Crippen LogP contribution in [-0.2, 0) is 21.5 Å². The number of halogens is 1. The summed E-state index contributed by atoms with van der Waals surface area (Å²) in [5, 5.41) is 0.565. The Hall–Kier alpha value is -3.79. The van der Waals surface area contributed by atoms with E-state index in [0.717, 1.165) is 40.8 Å². The molecule has 2 aliphatic heterocycles. The molecule has 1 aromatic carbocycles. The van der Waals surface area contributed by atoms with Crippen LogP contribution in [0.4, 0.5) is 10.5 Å². The minimum Gasteiger partial charge on any atom is -0.447 e. The van der Waals surface area contributed by atoms with Gasteiger partial charge in [-0.25, -0.2) is 20.0 Å². The van der Waals surface area contributed by atoms with Gasteiger partial charge < -0.3 is 14.5 Å². The molecule has 4 heterocycles. The van der Waals surface area contributed by atoms with Crippen molar-refractivity contribution >= 4 is 40.3 Å². The molecule has 5 rings (SSSR count). The Balaban J connectivity index is 1.46. The number of nitrogens with zero attached hydrogens (tertiary/aromatic N) is 5. The van der Waals surface area contributed by atoms with Crippen LogP contribution in [0.2, 0.25) is 5.02 Å². The van der Waals surface area contributed by atoms with E-state index >= 15 is 0 Å². The molecule has 0 bridgehead atoms. The van der Waals surface area contributed by atoms with Gasteiger partial charge in [0.25, 0.3) is 0 Å². The predicted molar refractivity (Wildman–Crippen MR) is 146 cm³/mol. The Morgan fingerprint density at radius 2 is 2.00 bits per heavy atom. The molecule has 0 unspecified atom stereocenters. The highest BCUT2D eigenvalue weighted by atomic mass is 35.5. The molecule has 10 nitrogen and oxygen atoms in total. The van der Waals surface area contributed by atoms with Gasteiger partial charge in [-0.2, -0.15) is 0 Å². The summed E-state index contributed by atoms with van der Waals surface area (Å²) in [6, 6.07) is 7.49. The zero-order valence-electron chi connectivity index (χ0n) is 21.8. The number of hydrogen-bond donors (Lipinski definition) is 2. The first kappa shape index (κ1) is 25.8. The highest BCUT2D eigenvalue weighted by Crippen LogP contribution is 2.53. The van der Waals surface area contributed by atoms with Crippen LogP contribution in [0.3, 0.4) is 0 Å². The molecule has 11 heteroatoms. The van der Waals surface area contributed by atoms with Gasteiger partial charge in [-0.1, -0.05) is 25.1 Å². The molecule has 1 spiro atoms. The number of hydrazine groups is 1. The summed E-state index contributed by atoms with van der Waals surface area (Å²) in [7, 11) is 0. The van der Waals surface area contributed by atoms with Crippen LogP contribution >= 0.6 is 11.6 Å². The third kappa shape index (κ3) is 4.53.